The lowest BCUT2D eigenvalue weighted by Crippen LogP contribution is -2.51. The number of aromatic carboxylic acids is 1. The minimum absolute atomic E-state index is 0.0795. The predicted molar refractivity (Wildman–Crippen MR) is 193 cm³/mol. The summed E-state index contributed by atoms with van der Waals surface area (Å²) in [5.41, 5.74) is 2.15. The van der Waals surface area contributed by atoms with E-state index in [1.165, 1.54) is 12.1 Å². The molecule has 2 aliphatic rings. The van der Waals surface area contributed by atoms with E-state index < -0.39 is 17.7 Å². The van der Waals surface area contributed by atoms with Crippen LogP contribution in [-0.2, 0) is 11.3 Å². The van der Waals surface area contributed by atoms with E-state index in [-0.39, 0.29) is 42.6 Å². The van der Waals surface area contributed by atoms with Gasteiger partial charge in [-0.3, -0.25) is 4.79 Å². The van der Waals surface area contributed by atoms with E-state index in [4.69, 9.17) is 48.8 Å². The Morgan fingerprint density at radius 3 is 2.20 bits per heavy atom. The van der Waals surface area contributed by atoms with Crippen molar-refractivity contribution in [2.45, 2.75) is 51.7 Å². The summed E-state index contributed by atoms with van der Waals surface area (Å²) in [6.07, 6.45) is 1.55. The zero-order valence-corrected chi connectivity index (χ0v) is 30.4. The van der Waals surface area contributed by atoms with Crippen molar-refractivity contribution in [3.63, 3.8) is 0 Å². The van der Waals surface area contributed by atoms with Crippen molar-refractivity contribution in [3.8, 4) is 28.8 Å². The summed E-state index contributed by atoms with van der Waals surface area (Å²) in [6.45, 7) is 6.65. The molecule has 4 aromatic rings. The van der Waals surface area contributed by atoms with Crippen LogP contribution in [0, 0.1) is 11.8 Å². The first kappa shape index (κ1) is 36.1. The van der Waals surface area contributed by atoms with Crippen LogP contribution >= 0.6 is 34.8 Å². The van der Waals surface area contributed by atoms with Gasteiger partial charge in [0, 0.05) is 60.4 Å². The van der Waals surface area contributed by atoms with Gasteiger partial charge in [0.25, 0.3) is 5.91 Å². The molecule has 2 amide bonds. The summed E-state index contributed by atoms with van der Waals surface area (Å²) in [4.78, 5) is 41.0. The molecule has 1 aliphatic carbocycles. The highest BCUT2D eigenvalue weighted by atomic mass is 35.5. The van der Waals surface area contributed by atoms with Crippen LogP contribution in [0.1, 0.15) is 82.7 Å². The molecule has 0 spiro atoms. The fourth-order valence-electron chi connectivity index (χ4n) is 5.58. The van der Waals surface area contributed by atoms with Gasteiger partial charge in [-0.15, -0.1) is 0 Å². The summed E-state index contributed by atoms with van der Waals surface area (Å²) in [6, 6.07) is 14.6. The lowest BCUT2D eigenvalue weighted by molar-refractivity contribution is 0.0140. The number of halogens is 3. The number of hydrogen-bond acceptors (Lipinski definition) is 7. The number of ether oxygens (including phenoxy) is 2. The van der Waals surface area contributed by atoms with Gasteiger partial charge in [-0.25, -0.2) is 9.59 Å². The molecular weight excluding hydrogens is 717 g/mol. The molecule has 1 N–H and O–H groups in total. The summed E-state index contributed by atoms with van der Waals surface area (Å²) in [5.74, 6) is 5.87. The van der Waals surface area contributed by atoms with Crippen LogP contribution in [0.4, 0.5) is 4.79 Å². The van der Waals surface area contributed by atoms with Gasteiger partial charge in [-0.05, 0) is 76.1 Å². The number of carboxylic acid groups (broad SMARTS) is 1. The number of carboxylic acids is 1. The fourth-order valence-corrected chi connectivity index (χ4v) is 6.37. The zero-order chi connectivity index (χ0) is 36.4. The second-order valence-electron chi connectivity index (χ2n) is 13.3. The highest BCUT2D eigenvalue weighted by Gasteiger charge is 2.34. The Kier molecular flexibility index (Phi) is 10.5. The second-order valence-corrected chi connectivity index (χ2v) is 14.5. The number of hydrogen-bond donors (Lipinski definition) is 1. The summed E-state index contributed by atoms with van der Waals surface area (Å²) in [7, 11) is 0. The minimum atomic E-state index is -1.19. The Labute approximate surface area is 310 Å². The molecule has 51 heavy (non-hydrogen) atoms. The summed E-state index contributed by atoms with van der Waals surface area (Å²) in [5, 5.41) is 15.3. The van der Waals surface area contributed by atoms with E-state index in [2.05, 4.69) is 17.0 Å². The number of rotatable bonds is 7. The number of piperazine rings is 1. The monoisotopic (exact) mass is 749 g/mol. The lowest BCUT2D eigenvalue weighted by atomic mass is 10.0. The number of nitrogens with zero attached hydrogens (tertiary/aromatic N) is 3. The Balaban J connectivity index is 1.16. The maximum Gasteiger partial charge on any atom is 0.410 e. The average molecular weight is 751 g/mol. The van der Waals surface area contributed by atoms with Gasteiger partial charge in [0.15, 0.2) is 0 Å². The highest BCUT2D eigenvalue weighted by molar-refractivity contribution is 6.39. The third kappa shape index (κ3) is 8.62. The quantitative estimate of drug-likeness (QED) is 0.187. The minimum Gasteiger partial charge on any atom is -0.489 e. The van der Waals surface area contributed by atoms with Crippen LogP contribution in [-0.4, -0.2) is 69.8 Å². The first-order chi connectivity index (χ1) is 24.3. The standard InChI is InChI=1S/C38H34Cl3N3O7/c1-38(2,3)50-37(48)44-15-13-43(14-16-44)35(45)25-17-22(18-26(19-25)36(46)47)7-8-23-11-12-27(20-31(23)41)49-21-28-33(42-51-34(28)24-9-10-24)32-29(39)5-4-6-30(32)40/h4-6,11-12,17-20,24H,9-10,13-16,21H2,1-3H3,(H,46,47). The number of aromatic nitrogens is 1. The van der Waals surface area contributed by atoms with Gasteiger partial charge in [-0.1, -0.05) is 57.9 Å². The van der Waals surface area contributed by atoms with Crippen molar-refractivity contribution in [1.82, 2.24) is 15.0 Å². The fraction of sp³-hybridized carbons (Fsp3) is 0.316. The molecule has 1 aromatic heterocycles. The zero-order valence-electron chi connectivity index (χ0n) is 28.1. The van der Waals surface area contributed by atoms with E-state index in [1.54, 1.807) is 73.0 Å². The molecule has 2 fully saturated rings. The molecule has 1 saturated heterocycles. The van der Waals surface area contributed by atoms with Gasteiger partial charge >= 0.3 is 12.1 Å². The molecule has 6 rings (SSSR count). The molecular formula is C38H34Cl3N3O7. The van der Waals surface area contributed by atoms with Crippen LogP contribution in [0.2, 0.25) is 15.1 Å². The molecule has 264 valence electrons. The van der Waals surface area contributed by atoms with Crippen LogP contribution in [0.3, 0.4) is 0 Å². The number of amides is 2. The molecule has 0 unspecified atom stereocenters. The van der Waals surface area contributed by atoms with Crippen molar-refractivity contribution >= 4 is 52.8 Å². The SMILES string of the molecule is CC(C)(C)OC(=O)N1CCN(C(=O)c2cc(C#Cc3ccc(OCc4c(-c5c(Cl)cccc5Cl)noc4C4CC4)cc3Cl)cc(C(=O)O)c2)CC1. The maximum atomic E-state index is 13.4. The normalized spacial score (nSPS) is 14.5. The maximum absolute atomic E-state index is 13.4. The third-order valence-electron chi connectivity index (χ3n) is 8.28. The van der Waals surface area contributed by atoms with Crippen molar-refractivity contribution in [2.75, 3.05) is 26.2 Å². The summed E-state index contributed by atoms with van der Waals surface area (Å²) < 4.78 is 17.3. The predicted octanol–water partition coefficient (Wildman–Crippen LogP) is 8.55. The Bertz CT molecular complexity index is 2050. The second kappa shape index (κ2) is 14.9. The molecule has 1 aliphatic heterocycles. The Morgan fingerprint density at radius 1 is 0.902 bits per heavy atom. The van der Waals surface area contributed by atoms with Crippen LogP contribution in [0.5, 0.6) is 5.75 Å². The van der Waals surface area contributed by atoms with Crippen LogP contribution in [0.15, 0.2) is 59.1 Å². The van der Waals surface area contributed by atoms with Crippen LogP contribution in [0.25, 0.3) is 11.3 Å². The number of carbonyl (C=O) groups excluding carboxylic acids is 2. The summed E-state index contributed by atoms with van der Waals surface area (Å²) >= 11 is 19.6. The molecule has 0 bridgehead atoms. The highest BCUT2D eigenvalue weighted by Crippen LogP contribution is 2.46. The number of benzene rings is 3. The van der Waals surface area contributed by atoms with E-state index in [9.17, 15) is 19.5 Å². The van der Waals surface area contributed by atoms with Crippen molar-refractivity contribution < 1.29 is 33.5 Å². The van der Waals surface area contributed by atoms with Crippen molar-refractivity contribution in [2.24, 2.45) is 0 Å². The topological polar surface area (TPSA) is 122 Å². The van der Waals surface area contributed by atoms with Gasteiger partial charge < -0.3 is 28.9 Å². The van der Waals surface area contributed by atoms with Gasteiger partial charge in [-0.2, -0.15) is 0 Å². The first-order valence-electron chi connectivity index (χ1n) is 16.3. The molecule has 1 saturated carbocycles. The molecule has 3 aromatic carbocycles. The average Bonchev–Trinajstić information content (AvgIpc) is 3.85. The number of carbonyl (C=O) groups is 3. The first-order valence-corrected chi connectivity index (χ1v) is 17.4. The molecule has 0 radical (unpaired) electrons. The van der Waals surface area contributed by atoms with Gasteiger partial charge in [0.1, 0.15) is 29.4 Å². The molecule has 2 heterocycles. The van der Waals surface area contributed by atoms with Gasteiger partial charge in [0.05, 0.1) is 26.2 Å². The Hall–Kier alpha value is -4.69. The largest absolute Gasteiger partial charge is 0.489 e. The molecule has 13 heteroatoms. The Morgan fingerprint density at radius 2 is 1.57 bits per heavy atom. The molecule has 0 atom stereocenters. The van der Waals surface area contributed by atoms with Crippen molar-refractivity contribution in [3.05, 3.63) is 103 Å². The van der Waals surface area contributed by atoms with E-state index in [0.29, 0.717) is 56.3 Å². The molecule has 10 nitrogen and oxygen atoms in total. The van der Waals surface area contributed by atoms with Gasteiger partial charge in [0.2, 0.25) is 0 Å². The third-order valence-corrected chi connectivity index (χ3v) is 9.22. The van der Waals surface area contributed by atoms with Crippen LogP contribution < -0.4 is 4.74 Å². The van der Waals surface area contributed by atoms with Crippen molar-refractivity contribution in [1.29, 1.82) is 0 Å². The van der Waals surface area contributed by atoms with E-state index in [1.807, 2.05) is 0 Å². The lowest BCUT2D eigenvalue weighted by Gasteiger charge is -2.35. The van der Waals surface area contributed by atoms with E-state index >= 15 is 0 Å². The smallest absolute Gasteiger partial charge is 0.410 e. The van der Waals surface area contributed by atoms with E-state index in [0.717, 1.165) is 24.2 Å².